The molecule has 6 nitrogen and oxygen atoms in total. The van der Waals surface area contributed by atoms with Crippen LogP contribution in [0.3, 0.4) is 0 Å². The van der Waals surface area contributed by atoms with Crippen LogP contribution in [0.15, 0.2) is 4.99 Å². The summed E-state index contributed by atoms with van der Waals surface area (Å²) >= 11 is 0. The summed E-state index contributed by atoms with van der Waals surface area (Å²) in [4.78, 5) is 10.7. The van der Waals surface area contributed by atoms with Gasteiger partial charge in [-0.1, -0.05) is 19.6 Å². The Bertz CT molecular complexity index is 493. The minimum Gasteiger partial charge on any atom is -0.388 e. The van der Waals surface area contributed by atoms with Crippen molar-refractivity contribution >= 4 is 20.1 Å². The monoisotopic (exact) mass is 296 g/mol. The fraction of sp³-hybridized carbons (Fsp3) is 0.692. The van der Waals surface area contributed by atoms with E-state index in [2.05, 4.69) is 29.6 Å². The van der Waals surface area contributed by atoms with Gasteiger partial charge in [-0.3, -0.25) is 9.56 Å². The summed E-state index contributed by atoms with van der Waals surface area (Å²) in [6.07, 6.45) is 1.81. The van der Waals surface area contributed by atoms with Crippen molar-refractivity contribution in [3.05, 3.63) is 11.5 Å². The maximum atomic E-state index is 9.44. The van der Waals surface area contributed by atoms with E-state index in [9.17, 15) is 5.11 Å². The summed E-state index contributed by atoms with van der Waals surface area (Å²) in [6, 6.07) is 1.13. The highest BCUT2D eigenvalue weighted by molar-refractivity contribution is 6.76. The molecule has 1 N–H and O–H groups in total. The van der Waals surface area contributed by atoms with Crippen LogP contribution in [0.25, 0.3) is 0 Å². The first-order valence-electron chi connectivity index (χ1n) is 6.91. The Morgan fingerprint density at radius 3 is 2.80 bits per heavy atom. The number of imidazole rings is 1. The van der Waals surface area contributed by atoms with Gasteiger partial charge in [-0.15, -0.1) is 0 Å². The number of hydrogen-bond donors (Lipinski definition) is 1. The Kier molecular flexibility index (Phi) is 4.61. The first-order chi connectivity index (χ1) is 9.42. The number of aliphatic imine (C=N–C) groups is 1. The number of aliphatic hydroxyl groups excluding tert-OH is 1. The number of hydrogen-bond acceptors (Lipinski definition) is 5. The number of anilines is 1. The number of rotatable bonds is 6. The second-order valence-corrected chi connectivity index (χ2v) is 11.9. The highest BCUT2D eigenvalue weighted by Crippen LogP contribution is 2.22. The lowest BCUT2D eigenvalue weighted by atomic mass is 10.4. The zero-order valence-corrected chi connectivity index (χ0v) is 13.8. The molecule has 0 atom stereocenters. The first kappa shape index (κ1) is 15.2. The van der Waals surface area contributed by atoms with Crippen LogP contribution in [0.5, 0.6) is 0 Å². The standard InChI is InChI=1S/C13H24N4O2Si/c1-16-9-14-7-11-13(16)15-12(8-18)17(11)10-19-5-6-20(2,3)4/h7,18H,5-6,8-10H2,1-4H3. The molecule has 2 heterocycles. The van der Waals surface area contributed by atoms with Crippen molar-refractivity contribution in [2.45, 2.75) is 39.0 Å². The third-order valence-electron chi connectivity index (χ3n) is 3.29. The second kappa shape index (κ2) is 6.07. The van der Waals surface area contributed by atoms with Crippen LogP contribution < -0.4 is 4.90 Å². The molecular formula is C13H24N4O2Si. The topological polar surface area (TPSA) is 62.9 Å². The van der Waals surface area contributed by atoms with Crippen molar-refractivity contribution in [3.8, 4) is 0 Å². The largest absolute Gasteiger partial charge is 0.388 e. The molecular weight excluding hydrogens is 272 g/mol. The van der Waals surface area contributed by atoms with Crippen LogP contribution in [0.4, 0.5) is 5.82 Å². The minimum absolute atomic E-state index is 0.0912. The molecule has 0 aromatic carbocycles. The van der Waals surface area contributed by atoms with Crippen LogP contribution in [-0.4, -0.2) is 49.3 Å². The molecule has 0 fully saturated rings. The normalized spacial score (nSPS) is 14.8. The molecule has 0 saturated heterocycles. The van der Waals surface area contributed by atoms with Crippen molar-refractivity contribution in [2.24, 2.45) is 4.99 Å². The van der Waals surface area contributed by atoms with Crippen LogP contribution in [0.1, 0.15) is 11.5 Å². The highest BCUT2D eigenvalue weighted by atomic mass is 28.3. The van der Waals surface area contributed by atoms with Gasteiger partial charge >= 0.3 is 0 Å². The van der Waals surface area contributed by atoms with Gasteiger partial charge < -0.3 is 14.7 Å². The van der Waals surface area contributed by atoms with Crippen molar-refractivity contribution in [2.75, 3.05) is 25.2 Å². The van der Waals surface area contributed by atoms with Gasteiger partial charge in [0.1, 0.15) is 31.5 Å². The maximum absolute atomic E-state index is 9.44. The fourth-order valence-corrected chi connectivity index (χ4v) is 2.78. The van der Waals surface area contributed by atoms with E-state index in [1.165, 1.54) is 0 Å². The Hall–Kier alpha value is -1.18. The maximum Gasteiger partial charge on any atom is 0.157 e. The zero-order chi connectivity index (χ0) is 14.8. The minimum atomic E-state index is -1.07. The Morgan fingerprint density at radius 1 is 1.40 bits per heavy atom. The average molecular weight is 296 g/mol. The predicted molar refractivity (Wildman–Crippen MR) is 83.1 cm³/mol. The number of nitrogens with zero attached hydrogens (tertiary/aromatic N) is 4. The van der Waals surface area contributed by atoms with E-state index in [0.29, 0.717) is 19.2 Å². The first-order valence-corrected chi connectivity index (χ1v) is 10.6. The van der Waals surface area contributed by atoms with Gasteiger partial charge in [0.05, 0.1) is 6.21 Å². The van der Waals surface area contributed by atoms with E-state index < -0.39 is 8.07 Å². The molecule has 0 amide bonds. The Balaban J connectivity index is 2.06. The Morgan fingerprint density at radius 2 is 2.15 bits per heavy atom. The van der Waals surface area contributed by atoms with Crippen LogP contribution >= 0.6 is 0 Å². The van der Waals surface area contributed by atoms with E-state index in [-0.39, 0.29) is 6.61 Å². The molecule has 1 aromatic heterocycles. The summed E-state index contributed by atoms with van der Waals surface area (Å²) in [5.74, 6) is 1.49. The molecule has 7 heteroatoms. The van der Waals surface area contributed by atoms with Crippen molar-refractivity contribution < 1.29 is 9.84 Å². The van der Waals surface area contributed by atoms with Gasteiger partial charge in [0.15, 0.2) is 5.82 Å². The molecule has 1 aromatic rings. The molecule has 0 spiro atoms. The number of ether oxygens (including phenoxy) is 1. The van der Waals surface area contributed by atoms with Gasteiger partial charge in [0.25, 0.3) is 0 Å². The highest BCUT2D eigenvalue weighted by Gasteiger charge is 2.21. The fourth-order valence-electron chi connectivity index (χ4n) is 2.02. The molecule has 0 unspecified atom stereocenters. The molecule has 0 aliphatic carbocycles. The van der Waals surface area contributed by atoms with Crippen molar-refractivity contribution in [1.82, 2.24) is 9.55 Å². The van der Waals surface area contributed by atoms with Crippen LogP contribution in [0.2, 0.25) is 25.7 Å². The summed E-state index contributed by atoms with van der Waals surface area (Å²) in [7, 11) is 0.870. The van der Waals surface area contributed by atoms with E-state index >= 15 is 0 Å². The van der Waals surface area contributed by atoms with Crippen molar-refractivity contribution in [1.29, 1.82) is 0 Å². The molecule has 0 saturated carbocycles. The lowest BCUT2D eigenvalue weighted by Gasteiger charge is -2.19. The van der Waals surface area contributed by atoms with Crippen LogP contribution in [0, 0.1) is 0 Å². The van der Waals surface area contributed by atoms with Gasteiger partial charge in [-0.2, -0.15) is 0 Å². The predicted octanol–water partition coefficient (Wildman–Crippen LogP) is 1.51. The molecule has 0 bridgehead atoms. The lowest BCUT2D eigenvalue weighted by Crippen LogP contribution is -2.24. The molecule has 0 radical (unpaired) electrons. The molecule has 112 valence electrons. The molecule has 20 heavy (non-hydrogen) atoms. The third-order valence-corrected chi connectivity index (χ3v) is 5.00. The van der Waals surface area contributed by atoms with E-state index in [4.69, 9.17) is 4.74 Å². The van der Waals surface area contributed by atoms with Crippen LogP contribution in [-0.2, 0) is 18.1 Å². The van der Waals surface area contributed by atoms with E-state index in [1.807, 2.05) is 22.7 Å². The smallest absolute Gasteiger partial charge is 0.157 e. The van der Waals surface area contributed by atoms with E-state index in [1.54, 1.807) is 0 Å². The summed E-state index contributed by atoms with van der Waals surface area (Å²) in [5, 5.41) is 9.44. The summed E-state index contributed by atoms with van der Waals surface area (Å²) in [5.41, 5.74) is 0.913. The van der Waals surface area contributed by atoms with E-state index in [0.717, 1.165) is 24.2 Å². The van der Waals surface area contributed by atoms with Gasteiger partial charge in [-0.05, 0) is 6.04 Å². The second-order valence-electron chi connectivity index (χ2n) is 6.32. The Labute approximate surface area is 121 Å². The lowest BCUT2D eigenvalue weighted by molar-refractivity contribution is 0.0814. The van der Waals surface area contributed by atoms with Gasteiger partial charge in [-0.25, -0.2) is 4.98 Å². The van der Waals surface area contributed by atoms with Crippen molar-refractivity contribution in [3.63, 3.8) is 0 Å². The SMILES string of the molecule is CN1CN=Cc2c1nc(CO)n2COCC[Si](C)(C)C. The average Bonchev–Trinajstić information content (AvgIpc) is 2.73. The zero-order valence-electron chi connectivity index (χ0n) is 12.8. The number of aliphatic hydroxyl groups is 1. The summed E-state index contributed by atoms with van der Waals surface area (Å²) < 4.78 is 7.67. The number of fused-ring (bicyclic) bond motifs is 1. The molecule has 2 rings (SSSR count). The molecule has 1 aliphatic heterocycles. The number of aromatic nitrogens is 2. The molecule has 1 aliphatic rings. The van der Waals surface area contributed by atoms with Gasteiger partial charge in [0.2, 0.25) is 0 Å². The quantitative estimate of drug-likeness (QED) is 0.638. The van der Waals surface area contributed by atoms with Gasteiger partial charge in [0, 0.05) is 21.7 Å². The summed E-state index contributed by atoms with van der Waals surface area (Å²) in [6.45, 7) is 8.67. The third kappa shape index (κ3) is 3.47.